The molecule has 1 rings (SSSR count). The van der Waals surface area contributed by atoms with Gasteiger partial charge in [0.2, 0.25) is 0 Å². The van der Waals surface area contributed by atoms with E-state index in [2.05, 4.69) is 4.74 Å². The van der Waals surface area contributed by atoms with Crippen molar-refractivity contribution < 1.29 is 73.9 Å². The Hall–Kier alpha value is 0.961. The van der Waals surface area contributed by atoms with Crippen molar-refractivity contribution in [2.75, 3.05) is 6.61 Å². The zero-order valence-electron chi connectivity index (χ0n) is 8.36. The Kier molecular flexibility index (Phi) is 5.70. The second-order valence-corrected chi connectivity index (χ2v) is 3.42. The minimum atomic E-state index is -4.90. The quantitative estimate of drug-likeness (QED) is 0.476. The minimum Gasteiger partial charge on any atom is -0.466 e. The number of hydrogen-bond acceptors (Lipinski definition) is 2. The SMILES string of the molecule is CCOC(=O)CC1([B-](F)(F)F)CC1.[K+]. The standard InChI is InChI=1S/C7H11BF3O2.K/c1-2-13-6(12)5-7(3-4-7)8(9,10)11;/h2-5H2,1H3;/q-1;+1. The van der Waals surface area contributed by atoms with Gasteiger partial charge < -0.3 is 17.7 Å². The molecule has 0 heterocycles. The summed E-state index contributed by atoms with van der Waals surface area (Å²) >= 11 is 0. The largest absolute Gasteiger partial charge is 1.00 e. The van der Waals surface area contributed by atoms with Crippen molar-refractivity contribution in [1.82, 2.24) is 0 Å². The first-order chi connectivity index (χ1) is 5.91. The maximum atomic E-state index is 12.4. The van der Waals surface area contributed by atoms with Crippen molar-refractivity contribution in [1.29, 1.82) is 0 Å². The molecule has 7 heteroatoms. The zero-order valence-corrected chi connectivity index (χ0v) is 11.5. The van der Waals surface area contributed by atoms with Crippen LogP contribution in [0.3, 0.4) is 0 Å². The molecule has 76 valence electrons. The molecule has 0 spiro atoms. The summed E-state index contributed by atoms with van der Waals surface area (Å²) < 4.78 is 41.5. The van der Waals surface area contributed by atoms with Gasteiger partial charge in [-0.1, -0.05) is 18.2 Å². The molecule has 1 fully saturated rings. The van der Waals surface area contributed by atoms with Crippen molar-refractivity contribution in [3.05, 3.63) is 0 Å². The third kappa shape index (κ3) is 3.52. The van der Waals surface area contributed by atoms with Gasteiger partial charge in [-0.05, 0) is 6.92 Å². The van der Waals surface area contributed by atoms with Crippen molar-refractivity contribution >= 4 is 12.9 Å². The number of rotatable bonds is 4. The topological polar surface area (TPSA) is 26.3 Å². The predicted octanol–water partition coefficient (Wildman–Crippen LogP) is -0.675. The summed E-state index contributed by atoms with van der Waals surface area (Å²) in [5.41, 5.74) is 0. The summed E-state index contributed by atoms with van der Waals surface area (Å²) in [6.07, 6.45) is -0.338. The van der Waals surface area contributed by atoms with Crippen LogP contribution in [0.25, 0.3) is 0 Å². The summed E-state index contributed by atoms with van der Waals surface area (Å²) in [6, 6.07) is 0. The Morgan fingerprint density at radius 1 is 1.43 bits per heavy atom. The van der Waals surface area contributed by atoms with Gasteiger partial charge in [-0.25, -0.2) is 0 Å². The van der Waals surface area contributed by atoms with Gasteiger partial charge in [0.15, 0.2) is 0 Å². The van der Waals surface area contributed by atoms with Crippen LogP contribution in [-0.4, -0.2) is 19.6 Å². The number of halogens is 3. The molecule has 0 atom stereocenters. The summed E-state index contributed by atoms with van der Waals surface area (Å²) in [7, 11) is 0. The van der Waals surface area contributed by atoms with E-state index < -0.39 is 24.7 Å². The predicted molar refractivity (Wildman–Crippen MR) is 42.3 cm³/mol. The molecule has 2 nitrogen and oxygen atoms in total. The number of carbonyl (C=O) groups is 1. The Morgan fingerprint density at radius 3 is 2.21 bits per heavy atom. The molecule has 0 aliphatic heterocycles. The minimum absolute atomic E-state index is 0. The fraction of sp³-hybridized carbons (Fsp3) is 0.857. The molecule has 0 unspecified atom stereocenters. The maximum absolute atomic E-state index is 12.4. The van der Waals surface area contributed by atoms with Crippen LogP contribution in [0.2, 0.25) is 5.31 Å². The van der Waals surface area contributed by atoms with Gasteiger partial charge in [-0.15, -0.1) is 0 Å². The van der Waals surface area contributed by atoms with Crippen LogP contribution in [-0.2, 0) is 9.53 Å². The van der Waals surface area contributed by atoms with Crippen LogP contribution < -0.4 is 51.4 Å². The number of esters is 1. The first kappa shape index (κ1) is 15.0. The summed E-state index contributed by atoms with van der Waals surface area (Å²) in [4.78, 5) is 10.8. The Morgan fingerprint density at radius 2 is 1.93 bits per heavy atom. The van der Waals surface area contributed by atoms with Crippen LogP contribution in [0.15, 0.2) is 0 Å². The van der Waals surface area contributed by atoms with E-state index in [1.54, 1.807) is 6.92 Å². The molecule has 0 aromatic heterocycles. The Labute approximate surface area is 123 Å². The molecule has 1 aliphatic carbocycles. The van der Waals surface area contributed by atoms with Crippen molar-refractivity contribution in [2.24, 2.45) is 0 Å². The van der Waals surface area contributed by atoms with E-state index in [1.165, 1.54) is 0 Å². The Balaban J connectivity index is 0.00000169. The third-order valence-corrected chi connectivity index (χ3v) is 2.39. The molecule has 0 saturated heterocycles. The van der Waals surface area contributed by atoms with Gasteiger partial charge in [0.25, 0.3) is 0 Å². The fourth-order valence-electron chi connectivity index (χ4n) is 1.28. The van der Waals surface area contributed by atoms with Gasteiger partial charge in [-0.2, -0.15) is 0 Å². The molecule has 0 N–H and O–H groups in total. The van der Waals surface area contributed by atoms with Crippen LogP contribution >= 0.6 is 0 Å². The number of hydrogen-bond donors (Lipinski definition) is 0. The second-order valence-electron chi connectivity index (χ2n) is 3.42. The monoisotopic (exact) mass is 234 g/mol. The van der Waals surface area contributed by atoms with Gasteiger partial charge in [0.1, 0.15) is 0 Å². The first-order valence-electron chi connectivity index (χ1n) is 4.26. The zero-order chi connectivity index (χ0) is 10.1. The van der Waals surface area contributed by atoms with Crippen molar-refractivity contribution in [3.8, 4) is 0 Å². The van der Waals surface area contributed by atoms with Crippen molar-refractivity contribution in [3.63, 3.8) is 0 Å². The molecule has 1 aliphatic rings. The molecule has 0 bridgehead atoms. The smallest absolute Gasteiger partial charge is 0.466 e. The van der Waals surface area contributed by atoms with Crippen LogP contribution in [0.4, 0.5) is 12.9 Å². The summed E-state index contributed by atoms with van der Waals surface area (Å²) in [5, 5.41) is -1.70. The van der Waals surface area contributed by atoms with Crippen LogP contribution in [0, 0.1) is 0 Å². The van der Waals surface area contributed by atoms with E-state index in [-0.39, 0.29) is 70.8 Å². The van der Waals surface area contributed by atoms with Gasteiger partial charge in [0.05, 0.1) is 6.61 Å². The first-order valence-corrected chi connectivity index (χ1v) is 4.26. The summed E-state index contributed by atoms with van der Waals surface area (Å²) in [5.74, 6) is -0.737. The van der Waals surface area contributed by atoms with E-state index in [9.17, 15) is 17.7 Å². The molecule has 1 saturated carbocycles. The maximum Gasteiger partial charge on any atom is 1.00 e. The van der Waals surface area contributed by atoms with E-state index in [1.807, 2.05) is 0 Å². The van der Waals surface area contributed by atoms with Gasteiger partial charge in [0, 0.05) is 6.42 Å². The Bertz CT molecular complexity index is 215. The van der Waals surface area contributed by atoms with Gasteiger partial charge in [-0.3, -0.25) is 4.79 Å². The molecule has 14 heavy (non-hydrogen) atoms. The third-order valence-electron chi connectivity index (χ3n) is 2.39. The average molecular weight is 234 g/mol. The number of carbonyl (C=O) groups excluding carboxylic acids is 1. The summed E-state index contributed by atoms with van der Waals surface area (Å²) in [6.45, 7) is -3.18. The molecular formula is C7H11BF3KO2. The second kappa shape index (κ2) is 5.34. The van der Waals surface area contributed by atoms with E-state index in [0.29, 0.717) is 0 Å². The molecule has 0 aromatic rings. The average Bonchev–Trinajstić information content (AvgIpc) is 2.67. The van der Waals surface area contributed by atoms with Crippen molar-refractivity contribution in [2.45, 2.75) is 31.5 Å². The molecule has 0 aromatic carbocycles. The fourth-order valence-corrected chi connectivity index (χ4v) is 1.28. The van der Waals surface area contributed by atoms with Crippen LogP contribution in [0.5, 0.6) is 0 Å². The molecular weight excluding hydrogens is 223 g/mol. The molecule has 0 amide bonds. The van der Waals surface area contributed by atoms with Crippen LogP contribution in [0.1, 0.15) is 26.2 Å². The number of ether oxygens (including phenoxy) is 1. The van der Waals surface area contributed by atoms with E-state index in [0.717, 1.165) is 0 Å². The van der Waals surface area contributed by atoms with Gasteiger partial charge >= 0.3 is 64.3 Å². The van der Waals surface area contributed by atoms with E-state index >= 15 is 0 Å². The van der Waals surface area contributed by atoms with E-state index in [4.69, 9.17) is 0 Å². The molecule has 0 radical (unpaired) electrons. The normalized spacial score (nSPS) is 18.3.